The van der Waals surface area contributed by atoms with E-state index in [4.69, 9.17) is 14.6 Å². The molecule has 0 saturated carbocycles. The van der Waals surface area contributed by atoms with Gasteiger partial charge in [-0.25, -0.2) is 4.39 Å². The fourth-order valence-corrected chi connectivity index (χ4v) is 3.40. The molecule has 1 unspecified atom stereocenters. The van der Waals surface area contributed by atoms with E-state index in [1.165, 1.54) is 6.07 Å². The third-order valence-corrected chi connectivity index (χ3v) is 5.05. The Kier molecular flexibility index (Phi) is 4.51. The van der Waals surface area contributed by atoms with E-state index in [2.05, 4.69) is 4.90 Å². The van der Waals surface area contributed by atoms with Crippen LogP contribution in [0.15, 0.2) is 42.5 Å². The number of nitrogens with zero attached hydrogens (tertiary/aromatic N) is 1. The summed E-state index contributed by atoms with van der Waals surface area (Å²) in [6, 6.07) is 12.4. The summed E-state index contributed by atoms with van der Waals surface area (Å²) in [5.74, 6) is 0.155. The molecule has 2 aromatic rings. The summed E-state index contributed by atoms with van der Waals surface area (Å²) in [4.78, 5) is 13.1. The van der Waals surface area contributed by atoms with Gasteiger partial charge in [-0.2, -0.15) is 0 Å². The summed E-state index contributed by atoms with van der Waals surface area (Å²) < 4.78 is 25.2. The highest BCUT2D eigenvalue weighted by Gasteiger charge is 2.38. The van der Waals surface area contributed by atoms with Crippen molar-refractivity contribution in [2.24, 2.45) is 5.92 Å². The zero-order valence-corrected chi connectivity index (χ0v) is 14.2. The first-order chi connectivity index (χ1) is 12.6. The van der Waals surface area contributed by atoms with Gasteiger partial charge in [0, 0.05) is 30.8 Å². The molecule has 0 bridgehead atoms. The van der Waals surface area contributed by atoms with Crippen LogP contribution in [0.1, 0.15) is 11.1 Å². The van der Waals surface area contributed by atoms with Crippen molar-refractivity contribution in [2.45, 2.75) is 19.1 Å². The lowest BCUT2D eigenvalue weighted by molar-refractivity contribution is -0.149. The number of rotatable bonds is 5. The Bertz CT molecular complexity index is 819. The van der Waals surface area contributed by atoms with Gasteiger partial charge >= 0.3 is 5.97 Å². The maximum Gasteiger partial charge on any atom is 0.309 e. The summed E-state index contributed by atoms with van der Waals surface area (Å²) in [5, 5.41) is 8.99. The SMILES string of the molecule is O=C(O)C1CN(C2COc3cc(OCc4ccccc4F)ccc3C2)C1. The third-order valence-electron chi connectivity index (χ3n) is 5.05. The maximum atomic E-state index is 13.7. The van der Waals surface area contributed by atoms with Crippen LogP contribution in [-0.2, 0) is 17.8 Å². The first-order valence-corrected chi connectivity index (χ1v) is 8.69. The van der Waals surface area contributed by atoms with Gasteiger partial charge in [-0.1, -0.05) is 24.3 Å². The fraction of sp³-hybridized carbons (Fsp3) is 0.350. The minimum absolute atomic E-state index is 0.165. The fourth-order valence-electron chi connectivity index (χ4n) is 3.40. The number of hydrogen-bond donors (Lipinski definition) is 1. The Morgan fingerprint density at radius 1 is 1.27 bits per heavy atom. The van der Waals surface area contributed by atoms with Crippen LogP contribution in [0.3, 0.4) is 0 Å². The van der Waals surface area contributed by atoms with Crippen molar-refractivity contribution >= 4 is 5.97 Å². The van der Waals surface area contributed by atoms with Crippen LogP contribution >= 0.6 is 0 Å². The Morgan fingerprint density at radius 3 is 2.85 bits per heavy atom. The zero-order valence-electron chi connectivity index (χ0n) is 14.2. The average molecular weight is 357 g/mol. The number of benzene rings is 2. The van der Waals surface area contributed by atoms with Gasteiger partial charge in [0.1, 0.15) is 30.5 Å². The molecule has 2 aromatic carbocycles. The van der Waals surface area contributed by atoms with Gasteiger partial charge in [0.15, 0.2) is 0 Å². The van der Waals surface area contributed by atoms with E-state index < -0.39 is 5.97 Å². The monoisotopic (exact) mass is 357 g/mol. The van der Waals surface area contributed by atoms with E-state index in [9.17, 15) is 9.18 Å². The molecule has 2 heterocycles. The molecule has 1 atom stereocenters. The molecular weight excluding hydrogens is 337 g/mol. The van der Waals surface area contributed by atoms with Crippen molar-refractivity contribution in [3.05, 3.63) is 59.4 Å². The third kappa shape index (κ3) is 3.37. The van der Waals surface area contributed by atoms with Crippen molar-refractivity contribution in [1.29, 1.82) is 0 Å². The topological polar surface area (TPSA) is 59.0 Å². The van der Waals surface area contributed by atoms with Crippen molar-refractivity contribution in [1.82, 2.24) is 4.90 Å². The molecule has 1 N–H and O–H groups in total. The van der Waals surface area contributed by atoms with E-state index in [0.29, 0.717) is 31.0 Å². The lowest BCUT2D eigenvalue weighted by atomic mass is 9.93. The first kappa shape index (κ1) is 16.8. The molecule has 0 spiro atoms. The summed E-state index contributed by atoms with van der Waals surface area (Å²) in [6.45, 7) is 1.87. The van der Waals surface area contributed by atoms with Gasteiger partial charge in [0.2, 0.25) is 0 Å². The molecular formula is C20H20FNO4. The summed E-state index contributed by atoms with van der Waals surface area (Å²) in [5.41, 5.74) is 1.59. The van der Waals surface area contributed by atoms with Crippen molar-refractivity contribution in [3.63, 3.8) is 0 Å². The highest BCUT2D eigenvalue weighted by molar-refractivity contribution is 5.71. The number of carboxylic acid groups (broad SMARTS) is 1. The molecule has 2 aliphatic rings. The maximum absolute atomic E-state index is 13.7. The minimum atomic E-state index is -0.727. The number of halogens is 1. The number of hydrogen-bond acceptors (Lipinski definition) is 4. The standard InChI is InChI=1S/C20H20FNO4/c21-18-4-2-1-3-14(18)11-25-17-6-5-13-7-16(12-26-19(13)8-17)22-9-15(10-22)20(23)24/h1-6,8,15-16H,7,9-12H2,(H,23,24). The van der Waals surface area contributed by atoms with Crippen LogP contribution in [0.25, 0.3) is 0 Å². The lowest BCUT2D eigenvalue weighted by Crippen LogP contribution is -2.57. The van der Waals surface area contributed by atoms with Gasteiger partial charge in [0.25, 0.3) is 0 Å². The Morgan fingerprint density at radius 2 is 2.08 bits per heavy atom. The van der Waals surface area contributed by atoms with Crippen LogP contribution in [0.5, 0.6) is 11.5 Å². The van der Waals surface area contributed by atoms with E-state index >= 15 is 0 Å². The van der Waals surface area contributed by atoms with Crippen molar-refractivity contribution < 1.29 is 23.8 Å². The van der Waals surface area contributed by atoms with Gasteiger partial charge in [0.05, 0.1) is 5.92 Å². The van der Waals surface area contributed by atoms with Crippen molar-refractivity contribution in [2.75, 3.05) is 19.7 Å². The quantitative estimate of drug-likeness (QED) is 0.892. The molecule has 5 nitrogen and oxygen atoms in total. The molecule has 136 valence electrons. The van der Waals surface area contributed by atoms with Crippen LogP contribution in [0, 0.1) is 11.7 Å². The lowest BCUT2D eigenvalue weighted by Gasteiger charge is -2.43. The second-order valence-electron chi connectivity index (χ2n) is 6.81. The van der Waals surface area contributed by atoms with Crippen LogP contribution < -0.4 is 9.47 Å². The molecule has 0 aliphatic carbocycles. The molecule has 4 rings (SSSR count). The Labute approximate surface area is 151 Å². The predicted octanol–water partition coefficient (Wildman–Crippen LogP) is 2.72. The normalized spacial score (nSPS) is 20.0. The molecule has 0 aromatic heterocycles. The summed E-state index contributed by atoms with van der Waals surface area (Å²) in [7, 11) is 0. The highest BCUT2D eigenvalue weighted by atomic mass is 19.1. The van der Waals surface area contributed by atoms with Crippen LogP contribution in [0.2, 0.25) is 0 Å². The number of aliphatic carboxylic acids is 1. The number of fused-ring (bicyclic) bond motifs is 1. The average Bonchev–Trinajstić information content (AvgIpc) is 2.59. The highest BCUT2D eigenvalue weighted by Crippen LogP contribution is 2.32. The van der Waals surface area contributed by atoms with E-state index in [1.54, 1.807) is 18.2 Å². The zero-order chi connectivity index (χ0) is 18.1. The van der Waals surface area contributed by atoms with E-state index in [-0.39, 0.29) is 24.4 Å². The van der Waals surface area contributed by atoms with Gasteiger partial charge in [-0.05, 0) is 24.1 Å². The number of carbonyl (C=O) groups is 1. The molecule has 2 aliphatic heterocycles. The van der Waals surface area contributed by atoms with Crippen LogP contribution in [0.4, 0.5) is 4.39 Å². The summed E-state index contributed by atoms with van der Waals surface area (Å²) in [6.07, 6.45) is 0.829. The molecule has 1 fully saturated rings. The largest absolute Gasteiger partial charge is 0.492 e. The molecule has 0 radical (unpaired) electrons. The summed E-state index contributed by atoms with van der Waals surface area (Å²) >= 11 is 0. The number of likely N-dealkylation sites (tertiary alicyclic amines) is 1. The number of carboxylic acids is 1. The van der Waals surface area contributed by atoms with Crippen LogP contribution in [-0.4, -0.2) is 41.7 Å². The molecule has 1 saturated heterocycles. The second kappa shape index (κ2) is 6.96. The Hall–Kier alpha value is -2.60. The Balaban J connectivity index is 1.37. The molecule has 0 amide bonds. The predicted molar refractivity (Wildman–Crippen MR) is 92.9 cm³/mol. The number of ether oxygens (including phenoxy) is 2. The molecule has 6 heteroatoms. The van der Waals surface area contributed by atoms with Crippen molar-refractivity contribution in [3.8, 4) is 11.5 Å². The van der Waals surface area contributed by atoms with E-state index in [1.807, 2.05) is 18.2 Å². The van der Waals surface area contributed by atoms with Gasteiger partial charge in [-0.15, -0.1) is 0 Å². The first-order valence-electron chi connectivity index (χ1n) is 8.69. The van der Waals surface area contributed by atoms with E-state index in [0.717, 1.165) is 17.7 Å². The minimum Gasteiger partial charge on any atom is -0.492 e. The second-order valence-corrected chi connectivity index (χ2v) is 6.81. The van der Waals surface area contributed by atoms with Gasteiger partial charge in [-0.3, -0.25) is 9.69 Å². The van der Waals surface area contributed by atoms with Gasteiger partial charge < -0.3 is 14.6 Å². The molecule has 26 heavy (non-hydrogen) atoms. The smallest absolute Gasteiger partial charge is 0.309 e.